The molecule has 2 N–H and O–H groups in total. The molecule has 0 spiro atoms. The summed E-state index contributed by atoms with van der Waals surface area (Å²) in [5, 5.41) is 0. The molecule has 6 heteroatoms. The molecule has 1 rings (SSSR count). The minimum absolute atomic E-state index is 0. The first kappa shape index (κ1) is 28.3. The van der Waals surface area contributed by atoms with Crippen molar-refractivity contribution in [2.24, 2.45) is 5.73 Å². The molecular weight excluding hydrogens is 350 g/mol. The van der Waals surface area contributed by atoms with Gasteiger partial charge in [-0.25, -0.2) is 0 Å². The Balaban J connectivity index is -0.000000739. The van der Waals surface area contributed by atoms with Crippen molar-refractivity contribution in [3.63, 3.8) is 0 Å². The zero-order valence-corrected chi connectivity index (χ0v) is 18.7. The van der Waals surface area contributed by atoms with Crippen molar-refractivity contribution in [1.82, 2.24) is 0 Å². The van der Waals surface area contributed by atoms with Crippen molar-refractivity contribution in [2.75, 3.05) is 25.7 Å². The van der Waals surface area contributed by atoms with Crippen LogP contribution in [0.2, 0.25) is 0 Å². The highest BCUT2D eigenvalue weighted by molar-refractivity contribution is 8.18. The fraction of sp³-hybridized carbons (Fsp3) is 0.882. The molecule has 0 aromatic heterocycles. The Morgan fingerprint density at radius 1 is 1.04 bits per heavy atom. The predicted molar refractivity (Wildman–Crippen MR) is 112 cm³/mol. The van der Waals surface area contributed by atoms with Gasteiger partial charge in [-0.3, -0.25) is 0 Å². The smallest absolute Gasteiger partial charge is 0.158 e. The molecule has 0 bridgehead atoms. The van der Waals surface area contributed by atoms with E-state index in [1.807, 2.05) is 58.1 Å². The molecule has 0 saturated carbocycles. The molecule has 1 saturated heterocycles. The van der Waals surface area contributed by atoms with Gasteiger partial charge in [0.15, 0.2) is 6.29 Å². The largest absolute Gasteiger partial charge is 0.402 e. The normalized spacial score (nSPS) is 16.9. The maximum atomic E-state index is 5.91. The first-order chi connectivity index (χ1) is 10.5. The Labute approximate surface area is 159 Å². The lowest BCUT2D eigenvalue weighted by Crippen LogP contribution is -2.32. The van der Waals surface area contributed by atoms with Crippen molar-refractivity contribution in [3.05, 3.63) is 11.3 Å². The predicted octanol–water partition coefficient (Wildman–Crippen LogP) is 5.68. The number of ether oxygens (including phenoxy) is 2. The molecular formula is C17H38ClNO2S2. The van der Waals surface area contributed by atoms with Crippen LogP contribution in [0.15, 0.2) is 11.3 Å². The van der Waals surface area contributed by atoms with Crippen molar-refractivity contribution >= 4 is 35.9 Å². The summed E-state index contributed by atoms with van der Waals surface area (Å²) in [6, 6.07) is 0. The van der Waals surface area contributed by atoms with Crippen molar-refractivity contribution < 1.29 is 9.47 Å². The summed E-state index contributed by atoms with van der Waals surface area (Å²) in [5.74, 6) is 2.42. The van der Waals surface area contributed by atoms with Gasteiger partial charge in [0.2, 0.25) is 0 Å². The number of rotatable bonds is 6. The van der Waals surface area contributed by atoms with Crippen LogP contribution in [0.4, 0.5) is 0 Å². The topological polar surface area (TPSA) is 44.5 Å². The number of hydrogen-bond donors (Lipinski definition) is 1. The number of allylic oxidation sites excluding steroid dienone is 2. The van der Waals surface area contributed by atoms with E-state index in [0.717, 1.165) is 18.5 Å². The summed E-state index contributed by atoms with van der Waals surface area (Å²) >= 11 is 4.06. The Morgan fingerprint density at radius 3 is 1.83 bits per heavy atom. The molecule has 142 valence electrons. The van der Waals surface area contributed by atoms with E-state index in [-0.39, 0.29) is 22.8 Å². The molecule has 0 aromatic carbocycles. The van der Waals surface area contributed by atoms with E-state index in [0.29, 0.717) is 0 Å². The zero-order chi connectivity index (χ0) is 17.6. The molecule has 0 aliphatic carbocycles. The van der Waals surface area contributed by atoms with Gasteiger partial charge in [0, 0.05) is 26.3 Å². The lowest BCUT2D eigenvalue weighted by Gasteiger charge is -2.38. The lowest BCUT2D eigenvalue weighted by atomic mass is 10.1. The van der Waals surface area contributed by atoms with E-state index in [1.54, 1.807) is 14.2 Å². The van der Waals surface area contributed by atoms with Crippen LogP contribution in [-0.2, 0) is 9.47 Å². The number of methoxy groups -OCH3 is 2. The number of thioether (sulfide) groups is 2. The van der Waals surface area contributed by atoms with Gasteiger partial charge in [-0.05, 0) is 38.2 Å². The van der Waals surface area contributed by atoms with Crippen LogP contribution in [0.3, 0.4) is 0 Å². The third kappa shape index (κ3) is 11.6. The summed E-state index contributed by atoms with van der Waals surface area (Å²) in [7, 11) is 3.41. The van der Waals surface area contributed by atoms with Crippen LogP contribution in [0.5, 0.6) is 0 Å². The van der Waals surface area contributed by atoms with Crippen LogP contribution < -0.4 is 5.73 Å². The van der Waals surface area contributed by atoms with Crippen LogP contribution in [-0.4, -0.2) is 36.1 Å². The summed E-state index contributed by atoms with van der Waals surface area (Å²) in [5.41, 5.74) is 8.12. The second-order valence-electron chi connectivity index (χ2n) is 4.71. The average Bonchev–Trinajstić information content (AvgIpc) is 2.57. The highest BCUT2D eigenvalue weighted by Crippen LogP contribution is 2.49. The van der Waals surface area contributed by atoms with Crippen LogP contribution in [0.1, 0.15) is 60.8 Å². The van der Waals surface area contributed by atoms with Gasteiger partial charge in [0.1, 0.15) is 0 Å². The maximum absolute atomic E-state index is 5.91. The first-order valence-corrected chi connectivity index (χ1v) is 10.3. The van der Waals surface area contributed by atoms with Crippen LogP contribution in [0.25, 0.3) is 0 Å². The second-order valence-corrected chi connectivity index (χ2v) is 7.92. The minimum Gasteiger partial charge on any atom is -0.402 e. The number of halogens is 1. The molecule has 1 fully saturated rings. The van der Waals surface area contributed by atoms with Gasteiger partial charge < -0.3 is 15.2 Å². The van der Waals surface area contributed by atoms with Gasteiger partial charge >= 0.3 is 0 Å². The lowest BCUT2D eigenvalue weighted by molar-refractivity contribution is -0.107. The van der Waals surface area contributed by atoms with Gasteiger partial charge in [0.05, 0.1) is 4.08 Å². The Morgan fingerprint density at radius 2 is 1.48 bits per heavy atom. The fourth-order valence-corrected chi connectivity index (χ4v) is 5.45. The Hall–Kier alpha value is 0.450. The molecule has 3 nitrogen and oxygen atoms in total. The van der Waals surface area contributed by atoms with Gasteiger partial charge in [-0.1, -0.05) is 33.3 Å². The third-order valence-electron chi connectivity index (χ3n) is 3.23. The quantitative estimate of drug-likeness (QED) is 0.594. The molecule has 0 aromatic rings. The van der Waals surface area contributed by atoms with Gasteiger partial charge in [-0.15, -0.1) is 35.9 Å². The highest BCUT2D eigenvalue weighted by atomic mass is 35.5. The third-order valence-corrected chi connectivity index (χ3v) is 6.60. The SMILES string of the molecule is CC.CC.COC(CC1(C/C(C)=C(\C)N)SCCCS1)OC.Cl. The van der Waals surface area contributed by atoms with Crippen LogP contribution >= 0.6 is 35.9 Å². The fourth-order valence-electron chi connectivity index (χ4n) is 1.97. The molecule has 1 aliphatic heterocycles. The number of hydrogen-bond acceptors (Lipinski definition) is 5. The average molecular weight is 388 g/mol. The van der Waals surface area contributed by atoms with Crippen molar-refractivity contribution in [2.45, 2.75) is 71.2 Å². The first-order valence-electron chi connectivity index (χ1n) is 8.28. The zero-order valence-electron chi connectivity index (χ0n) is 16.2. The molecule has 0 unspecified atom stereocenters. The van der Waals surface area contributed by atoms with E-state index in [1.165, 1.54) is 23.5 Å². The molecule has 0 atom stereocenters. The van der Waals surface area contributed by atoms with E-state index < -0.39 is 0 Å². The van der Waals surface area contributed by atoms with Crippen molar-refractivity contribution in [1.29, 1.82) is 0 Å². The van der Waals surface area contributed by atoms with Gasteiger partial charge in [-0.2, -0.15) is 0 Å². The molecule has 1 heterocycles. The van der Waals surface area contributed by atoms with Crippen molar-refractivity contribution in [3.8, 4) is 0 Å². The van der Waals surface area contributed by atoms with E-state index in [9.17, 15) is 0 Å². The molecule has 1 aliphatic rings. The molecule has 0 amide bonds. The van der Waals surface area contributed by atoms with E-state index in [4.69, 9.17) is 15.2 Å². The molecule has 0 radical (unpaired) electrons. The Kier molecular flexibility index (Phi) is 21.2. The van der Waals surface area contributed by atoms with E-state index in [2.05, 4.69) is 6.92 Å². The summed E-state index contributed by atoms with van der Waals surface area (Å²) in [6.07, 6.45) is 3.06. The Bertz CT molecular complexity index is 288. The monoisotopic (exact) mass is 387 g/mol. The van der Waals surface area contributed by atoms with Crippen LogP contribution in [0, 0.1) is 0 Å². The summed E-state index contributed by atoms with van der Waals surface area (Å²) < 4.78 is 10.9. The number of nitrogens with two attached hydrogens (primary N) is 1. The molecule has 23 heavy (non-hydrogen) atoms. The van der Waals surface area contributed by atoms with E-state index >= 15 is 0 Å². The minimum atomic E-state index is -0.131. The van der Waals surface area contributed by atoms with Gasteiger partial charge in [0.25, 0.3) is 0 Å². The standard InChI is InChI=1S/C13H25NO2S2.2C2H6.ClH/c1-10(11(2)14)8-13(9-12(15-3)16-4)17-6-5-7-18-13;2*1-2;/h12H,5-9,14H2,1-4H3;2*1-2H3;1H/b11-10+;;;. The maximum Gasteiger partial charge on any atom is 0.158 e. The summed E-state index contributed by atoms with van der Waals surface area (Å²) in [4.78, 5) is 0. The second kappa shape index (κ2) is 17.3. The summed E-state index contributed by atoms with van der Waals surface area (Å²) in [6.45, 7) is 12.1. The highest BCUT2D eigenvalue weighted by Gasteiger charge is 2.36.